The number of aryl methyl sites for hydroxylation is 1. The first-order valence-corrected chi connectivity index (χ1v) is 7.89. The molecule has 1 unspecified atom stereocenters. The minimum atomic E-state index is -0.289. The molecule has 1 aromatic heterocycles. The molecule has 2 aromatic rings. The van der Waals surface area contributed by atoms with Gasteiger partial charge < -0.3 is 9.30 Å². The normalized spacial score (nSPS) is 17.1. The van der Waals surface area contributed by atoms with Gasteiger partial charge in [0, 0.05) is 24.7 Å². The second-order valence-corrected chi connectivity index (χ2v) is 6.48. The molecule has 0 fully saturated rings. The van der Waals surface area contributed by atoms with Crippen molar-refractivity contribution in [2.75, 3.05) is 0 Å². The van der Waals surface area contributed by atoms with Crippen LogP contribution in [-0.4, -0.2) is 10.5 Å². The van der Waals surface area contributed by atoms with Crippen molar-refractivity contribution in [2.45, 2.75) is 39.0 Å². The zero-order chi connectivity index (χ0) is 16.7. The van der Waals surface area contributed by atoms with Crippen LogP contribution in [0.3, 0.4) is 0 Å². The van der Waals surface area contributed by atoms with Gasteiger partial charge in [-0.2, -0.15) is 0 Å². The highest BCUT2D eigenvalue weighted by Gasteiger charge is 2.32. The van der Waals surface area contributed by atoms with Gasteiger partial charge in [0.15, 0.2) is 0 Å². The van der Waals surface area contributed by atoms with Crippen LogP contribution in [0.15, 0.2) is 35.1 Å². The molecule has 4 heteroatoms. The predicted molar refractivity (Wildman–Crippen MR) is 89.0 cm³/mol. The van der Waals surface area contributed by atoms with Gasteiger partial charge in [0.05, 0.1) is 12.0 Å². The lowest BCUT2D eigenvalue weighted by Crippen LogP contribution is -2.31. The summed E-state index contributed by atoms with van der Waals surface area (Å²) in [5.41, 5.74) is 3.48. The van der Waals surface area contributed by atoms with Crippen molar-refractivity contribution in [1.29, 1.82) is 0 Å². The molecule has 0 amide bonds. The molecule has 0 saturated carbocycles. The van der Waals surface area contributed by atoms with E-state index in [1.54, 1.807) is 17.7 Å². The van der Waals surface area contributed by atoms with E-state index in [-0.39, 0.29) is 23.9 Å². The molecule has 0 radical (unpaired) electrons. The van der Waals surface area contributed by atoms with Gasteiger partial charge in [-0.05, 0) is 24.0 Å². The van der Waals surface area contributed by atoms with E-state index >= 15 is 0 Å². The highest BCUT2D eigenvalue weighted by Crippen LogP contribution is 2.37. The van der Waals surface area contributed by atoms with Gasteiger partial charge in [0.25, 0.3) is 5.56 Å². The van der Waals surface area contributed by atoms with Crippen LogP contribution in [-0.2, 0) is 11.8 Å². The number of hydrogen-bond donors (Lipinski definition) is 0. The molecular weight excluding hydrogens is 290 g/mol. The average Bonchev–Trinajstić information content (AvgIpc) is 2.52. The third-order valence-corrected chi connectivity index (χ3v) is 4.62. The summed E-state index contributed by atoms with van der Waals surface area (Å²) in [7, 11) is 1.74. The molecule has 0 bridgehead atoms. The standard InChI is InChI=1S/C19H21NO3/c1-11(2)13-5-7-14(8-6-13)15-10-17(21)23-16-9-12(3)20(4)19(22)18(15)16/h5-9,11,15H,10H2,1-4H3. The maximum absolute atomic E-state index is 12.7. The number of rotatable bonds is 2. The number of esters is 1. The number of benzene rings is 1. The number of ether oxygens (including phenoxy) is 1. The molecule has 0 saturated heterocycles. The molecule has 1 aliphatic heterocycles. The van der Waals surface area contributed by atoms with Gasteiger partial charge in [-0.3, -0.25) is 9.59 Å². The van der Waals surface area contributed by atoms with E-state index in [2.05, 4.69) is 26.0 Å². The molecule has 23 heavy (non-hydrogen) atoms. The van der Waals surface area contributed by atoms with E-state index in [1.165, 1.54) is 5.56 Å². The monoisotopic (exact) mass is 311 g/mol. The van der Waals surface area contributed by atoms with Crippen molar-refractivity contribution in [2.24, 2.45) is 7.05 Å². The van der Waals surface area contributed by atoms with Crippen LogP contribution in [0.5, 0.6) is 5.75 Å². The third kappa shape index (κ3) is 2.69. The Morgan fingerprint density at radius 3 is 2.43 bits per heavy atom. The van der Waals surface area contributed by atoms with E-state index in [0.29, 0.717) is 17.2 Å². The molecule has 1 atom stereocenters. The number of pyridine rings is 1. The summed E-state index contributed by atoms with van der Waals surface area (Å²) in [6.07, 6.45) is 0.201. The average molecular weight is 311 g/mol. The van der Waals surface area contributed by atoms with Crippen molar-refractivity contribution >= 4 is 5.97 Å². The van der Waals surface area contributed by atoms with Gasteiger partial charge >= 0.3 is 5.97 Å². The quantitative estimate of drug-likeness (QED) is 0.800. The van der Waals surface area contributed by atoms with Crippen LogP contribution >= 0.6 is 0 Å². The van der Waals surface area contributed by atoms with Crippen LogP contribution < -0.4 is 10.3 Å². The van der Waals surface area contributed by atoms with Gasteiger partial charge in [-0.15, -0.1) is 0 Å². The largest absolute Gasteiger partial charge is 0.426 e. The van der Waals surface area contributed by atoms with Crippen molar-refractivity contribution < 1.29 is 9.53 Å². The molecule has 1 aromatic carbocycles. The molecule has 120 valence electrons. The Morgan fingerprint density at radius 1 is 1.17 bits per heavy atom. The van der Waals surface area contributed by atoms with E-state index in [9.17, 15) is 9.59 Å². The summed E-state index contributed by atoms with van der Waals surface area (Å²) in [5.74, 6) is 0.317. The number of aromatic nitrogens is 1. The SMILES string of the molecule is Cc1cc2c(c(=O)n1C)C(c1ccc(C(C)C)cc1)CC(=O)O2. The number of carbonyl (C=O) groups excluding carboxylic acids is 1. The predicted octanol–water partition coefficient (Wildman–Crippen LogP) is 3.26. The number of nitrogens with zero attached hydrogens (tertiary/aromatic N) is 1. The molecular formula is C19H21NO3. The Labute approximate surface area is 135 Å². The molecule has 4 nitrogen and oxygen atoms in total. The molecule has 2 heterocycles. The van der Waals surface area contributed by atoms with Crippen molar-refractivity contribution in [1.82, 2.24) is 4.57 Å². The summed E-state index contributed by atoms with van der Waals surface area (Å²) in [6, 6.07) is 9.93. The van der Waals surface area contributed by atoms with Crippen LogP contribution in [0, 0.1) is 6.92 Å². The number of hydrogen-bond acceptors (Lipinski definition) is 3. The van der Waals surface area contributed by atoms with Gasteiger partial charge in [-0.1, -0.05) is 38.1 Å². The van der Waals surface area contributed by atoms with Crippen LogP contribution in [0.1, 0.15) is 54.5 Å². The Kier molecular flexibility index (Phi) is 3.84. The smallest absolute Gasteiger partial charge is 0.312 e. The molecule has 0 spiro atoms. The van der Waals surface area contributed by atoms with Gasteiger partial charge in [-0.25, -0.2) is 0 Å². The summed E-state index contributed by atoms with van der Waals surface area (Å²) in [5, 5.41) is 0. The van der Waals surface area contributed by atoms with E-state index in [1.807, 2.05) is 19.1 Å². The van der Waals surface area contributed by atoms with Crippen molar-refractivity contribution in [3.63, 3.8) is 0 Å². The lowest BCUT2D eigenvalue weighted by molar-refractivity contribution is -0.135. The van der Waals surface area contributed by atoms with Crippen LogP contribution in [0.4, 0.5) is 0 Å². The van der Waals surface area contributed by atoms with Gasteiger partial charge in [0.2, 0.25) is 0 Å². The summed E-state index contributed by atoms with van der Waals surface area (Å²) >= 11 is 0. The Morgan fingerprint density at radius 2 is 1.83 bits per heavy atom. The topological polar surface area (TPSA) is 48.3 Å². The Balaban J connectivity index is 2.13. The molecule has 1 aliphatic rings. The zero-order valence-electron chi connectivity index (χ0n) is 13.9. The fourth-order valence-electron chi connectivity index (χ4n) is 3.05. The maximum Gasteiger partial charge on any atom is 0.312 e. The lowest BCUT2D eigenvalue weighted by Gasteiger charge is -2.25. The second-order valence-electron chi connectivity index (χ2n) is 6.48. The van der Waals surface area contributed by atoms with E-state index in [0.717, 1.165) is 11.3 Å². The minimum Gasteiger partial charge on any atom is -0.426 e. The fraction of sp³-hybridized carbons (Fsp3) is 0.368. The highest BCUT2D eigenvalue weighted by atomic mass is 16.5. The fourth-order valence-corrected chi connectivity index (χ4v) is 3.05. The third-order valence-electron chi connectivity index (χ3n) is 4.62. The van der Waals surface area contributed by atoms with Crippen LogP contribution in [0.2, 0.25) is 0 Å². The lowest BCUT2D eigenvalue weighted by atomic mass is 9.86. The summed E-state index contributed by atoms with van der Waals surface area (Å²) in [4.78, 5) is 24.6. The summed E-state index contributed by atoms with van der Waals surface area (Å²) in [6.45, 7) is 6.11. The first-order valence-electron chi connectivity index (χ1n) is 7.89. The maximum atomic E-state index is 12.7. The molecule has 0 N–H and O–H groups in total. The molecule has 3 rings (SSSR count). The minimum absolute atomic E-state index is 0.0922. The van der Waals surface area contributed by atoms with Crippen molar-refractivity contribution in [3.05, 3.63) is 63.1 Å². The first-order chi connectivity index (χ1) is 10.9. The summed E-state index contributed by atoms with van der Waals surface area (Å²) < 4.78 is 6.91. The number of carbonyl (C=O) groups is 1. The Hall–Kier alpha value is -2.36. The van der Waals surface area contributed by atoms with E-state index in [4.69, 9.17) is 4.74 Å². The van der Waals surface area contributed by atoms with E-state index < -0.39 is 0 Å². The van der Waals surface area contributed by atoms with Gasteiger partial charge in [0.1, 0.15) is 5.75 Å². The van der Waals surface area contributed by atoms with Crippen molar-refractivity contribution in [3.8, 4) is 5.75 Å². The van der Waals surface area contributed by atoms with Crippen LogP contribution in [0.25, 0.3) is 0 Å². The second kappa shape index (κ2) is 5.69. The number of fused-ring (bicyclic) bond motifs is 1. The highest BCUT2D eigenvalue weighted by molar-refractivity contribution is 5.77. The zero-order valence-corrected chi connectivity index (χ0v) is 13.9. The first kappa shape index (κ1) is 15.5. The molecule has 0 aliphatic carbocycles. The Bertz CT molecular complexity index is 816.